The van der Waals surface area contributed by atoms with Gasteiger partial charge in [-0.05, 0) is 32.0 Å². The van der Waals surface area contributed by atoms with E-state index in [9.17, 15) is 13.6 Å². The number of amides is 2. The second kappa shape index (κ2) is 8.10. The number of nitrogens with zero attached hydrogens (tertiary/aromatic N) is 4. The van der Waals surface area contributed by atoms with Gasteiger partial charge >= 0.3 is 6.03 Å². The number of aromatic nitrogens is 2. The maximum absolute atomic E-state index is 14.1. The number of carbonyl (C=O) groups excluding carboxylic acids is 1. The van der Waals surface area contributed by atoms with Crippen molar-refractivity contribution in [2.24, 2.45) is 0 Å². The van der Waals surface area contributed by atoms with Crippen LogP contribution in [0.25, 0.3) is 11.1 Å². The first kappa shape index (κ1) is 19.8. The van der Waals surface area contributed by atoms with Crippen LogP contribution in [0.3, 0.4) is 0 Å². The van der Waals surface area contributed by atoms with Crippen molar-refractivity contribution in [1.29, 1.82) is 0 Å². The number of hydrogen-bond acceptors (Lipinski definition) is 5. The predicted octanol–water partition coefficient (Wildman–Crippen LogP) is 3.99. The first-order valence-corrected chi connectivity index (χ1v) is 9.56. The SMILES string of the molecule is Cc1noc(NC(=O)N2CCN(c3cncc(-c4ccc(F)cc4F)c3)CC2)c1C. The summed E-state index contributed by atoms with van der Waals surface area (Å²) >= 11 is 0. The molecule has 0 aliphatic carbocycles. The molecule has 1 aromatic carbocycles. The van der Waals surface area contributed by atoms with Gasteiger partial charge in [-0.3, -0.25) is 10.3 Å². The van der Waals surface area contributed by atoms with E-state index >= 15 is 0 Å². The molecule has 7 nitrogen and oxygen atoms in total. The fourth-order valence-electron chi connectivity index (χ4n) is 3.35. The Morgan fingerprint density at radius 2 is 1.87 bits per heavy atom. The summed E-state index contributed by atoms with van der Waals surface area (Å²) in [6.45, 7) is 5.86. The van der Waals surface area contributed by atoms with Gasteiger partial charge in [-0.25, -0.2) is 13.6 Å². The fourth-order valence-corrected chi connectivity index (χ4v) is 3.35. The summed E-state index contributed by atoms with van der Waals surface area (Å²) in [4.78, 5) is 20.5. The van der Waals surface area contributed by atoms with Gasteiger partial charge in [-0.1, -0.05) is 5.16 Å². The third kappa shape index (κ3) is 3.96. The average Bonchev–Trinajstić information content (AvgIpc) is 3.06. The molecule has 3 aromatic rings. The Bertz CT molecular complexity index is 1080. The van der Waals surface area contributed by atoms with Gasteiger partial charge in [0, 0.05) is 55.1 Å². The summed E-state index contributed by atoms with van der Waals surface area (Å²) in [6.07, 6.45) is 3.24. The van der Waals surface area contributed by atoms with Crippen molar-refractivity contribution in [2.75, 3.05) is 36.4 Å². The van der Waals surface area contributed by atoms with Crippen LogP contribution in [0.15, 0.2) is 41.2 Å². The Morgan fingerprint density at radius 1 is 1.10 bits per heavy atom. The maximum Gasteiger partial charge on any atom is 0.324 e. The molecule has 1 fully saturated rings. The summed E-state index contributed by atoms with van der Waals surface area (Å²) in [5, 5.41) is 6.59. The lowest BCUT2D eigenvalue weighted by molar-refractivity contribution is 0.207. The smallest absolute Gasteiger partial charge is 0.324 e. The van der Waals surface area contributed by atoms with Crippen molar-refractivity contribution in [3.63, 3.8) is 0 Å². The van der Waals surface area contributed by atoms with Gasteiger partial charge in [0.25, 0.3) is 0 Å². The van der Waals surface area contributed by atoms with E-state index < -0.39 is 11.6 Å². The van der Waals surface area contributed by atoms with Crippen molar-refractivity contribution in [2.45, 2.75) is 13.8 Å². The molecule has 0 bridgehead atoms. The Hall–Kier alpha value is -3.49. The van der Waals surface area contributed by atoms with Crippen molar-refractivity contribution in [1.82, 2.24) is 15.0 Å². The van der Waals surface area contributed by atoms with E-state index in [0.717, 1.165) is 23.0 Å². The molecule has 156 valence electrons. The number of benzene rings is 1. The number of hydrogen-bond donors (Lipinski definition) is 1. The molecule has 0 spiro atoms. The number of pyridine rings is 1. The van der Waals surface area contributed by atoms with Crippen molar-refractivity contribution < 1.29 is 18.1 Å². The quantitative estimate of drug-likeness (QED) is 0.703. The van der Waals surface area contributed by atoms with Gasteiger partial charge in [0.15, 0.2) is 0 Å². The summed E-state index contributed by atoms with van der Waals surface area (Å²) < 4.78 is 32.4. The summed E-state index contributed by atoms with van der Waals surface area (Å²) in [6, 6.07) is 5.06. The summed E-state index contributed by atoms with van der Waals surface area (Å²) in [5.41, 5.74) is 3.22. The molecule has 2 amide bonds. The molecule has 0 atom stereocenters. The van der Waals surface area contributed by atoms with Crippen LogP contribution in [-0.4, -0.2) is 47.3 Å². The number of aryl methyl sites for hydroxylation is 1. The molecule has 4 rings (SSSR count). The van der Waals surface area contributed by atoms with Crippen molar-refractivity contribution in [3.8, 4) is 11.1 Å². The van der Waals surface area contributed by atoms with Crippen LogP contribution in [0.5, 0.6) is 0 Å². The highest BCUT2D eigenvalue weighted by Crippen LogP contribution is 2.27. The van der Waals surface area contributed by atoms with Gasteiger partial charge in [-0.15, -0.1) is 0 Å². The number of piperazine rings is 1. The normalized spacial score (nSPS) is 14.1. The summed E-state index contributed by atoms with van der Waals surface area (Å²) in [7, 11) is 0. The van der Waals surface area contributed by atoms with Crippen LogP contribution in [0.4, 0.5) is 25.1 Å². The van der Waals surface area contributed by atoms with E-state index in [0.29, 0.717) is 43.2 Å². The monoisotopic (exact) mass is 413 g/mol. The molecule has 0 unspecified atom stereocenters. The Kier molecular flexibility index (Phi) is 5.35. The zero-order valence-electron chi connectivity index (χ0n) is 16.7. The third-order valence-corrected chi connectivity index (χ3v) is 5.28. The Labute approximate surface area is 172 Å². The molecule has 30 heavy (non-hydrogen) atoms. The molecule has 1 N–H and O–H groups in total. The van der Waals surface area contributed by atoms with Crippen LogP contribution < -0.4 is 10.2 Å². The van der Waals surface area contributed by atoms with Crippen molar-refractivity contribution in [3.05, 3.63) is 59.6 Å². The zero-order chi connectivity index (χ0) is 21.3. The zero-order valence-corrected chi connectivity index (χ0v) is 16.7. The minimum absolute atomic E-state index is 0.242. The molecule has 9 heteroatoms. The number of carbonyl (C=O) groups is 1. The summed E-state index contributed by atoms with van der Waals surface area (Å²) in [5.74, 6) is -0.892. The predicted molar refractivity (Wildman–Crippen MR) is 108 cm³/mol. The van der Waals surface area contributed by atoms with Crippen LogP contribution in [-0.2, 0) is 0 Å². The molecule has 0 radical (unpaired) electrons. The molecule has 0 saturated carbocycles. The Balaban J connectivity index is 1.42. The van der Waals surface area contributed by atoms with Gasteiger partial charge < -0.3 is 14.3 Å². The molecule has 3 heterocycles. The van der Waals surface area contributed by atoms with Gasteiger partial charge in [0.1, 0.15) is 11.6 Å². The fraction of sp³-hybridized carbons (Fsp3) is 0.286. The van der Waals surface area contributed by atoms with E-state index in [1.807, 2.05) is 19.9 Å². The first-order chi connectivity index (χ1) is 14.4. The van der Waals surface area contributed by atoms with E-state index in [2.05, 4.69) is 20.4 Å². The van der Waals surface area contributed by atoms with Crippen molar-refractivity contribution >= 4 is 17.6 Å². The molecule has 1 saturated heterocycles. The van der Waals surface area contributed by atoms with Gasteiger partial charge in [0.05, 0.1) is 17.6 Å². The number of urea groups is 1. The van der Waals surface area contributed by atoms with E-state index in [4.69, 9.17) is 4.52 Å². The first-order valence-electron chi connectivity index (χ1n) is 9.56. The van der Waals surface area contributed by atoms with Crippen LogP contribution >= 0.6 is 0 Å². The Morgan fingerprint density at radius 3 is 2.53 bits per heavy atom. The lowest BCUT2D eigenvalue weighted by Gasteiger charge is -2.35. The van der Waals surface area contributed by atoms with E-state index in [-0.39, 0.29) is 6.03 Å². The highest BCUT2D eigenvalue weighted by atomic mass is 19.1. The number of anilines is 2. The van der Waals surface area contributed by atoms with Crippen LogP contribution in [0, 0.1) is 25.5 Å². The standard InChI is InChI=1S/C21H21F2N5O2/c1-13-14(2)26-30-20(13)25-21(29)28-7-5-27(6-8-28)17-9-15(11-24-12-17)18-4-3-16(22)10-19(18)23/h3-4,9-12H,5-8H2,1-2H3,(H,25,29). The van der Waals surface area contributed by atoms with Crippen LogP contribution in [0.2, 0.25) is 0 Å². The van der Waals surface area contributed by atoms with E-state index in [1.165, 1.54) is 12.1 Å². The lowest BCUT2D eigenvalue weighted by atomic mass is 10.1. The van der Waals surface area contributed by atoms with Crippen LogP contribution in [0.1, 0.15) is 11.3 Å². The lowest BCUT2D eigenvalue weighted by Crippen LogP contribution is -2.50. The molecule has 1 aliphatic rings. The van der Waals surface area contributed by atoms with Gasteiger partial charge in [0.2, 0.25) is 5.88 Å². The molecule has 2 aromatic heterocycles. The maximum atomic E-state index is 14.1. The molecular weight excluding hydrogens is 392 g/mol. The highest BCUT2D eigenvalue weighted by molar-refractivity contribution is 5.88. The second-order valence-corrected chi connectivity index (χ2v) is 7.18. The highest BCUT2D eigenvalue weighted by Gasteiger charge is 2.23. The molecule has 1 aliphatic heterocycles. The topological polar surface area (TPSA) is 74.5 Å². The van der Waals surface area contributed by atoms with E-state index in [1.54, 1.807) is 17.3 Å². The minimum Gasteiger partial charge on any atom is -0.367 e. The largest absolute Gasteiger partial charge is 0.367 e. The second-order valence-electron chi connectivity index (χ2n) is 7.18. The third-order valence-electron chi connectivity index (χ3n) is 5.28. The van der Waals surface area contributed by atoms with Gasteiger partial charge in [-0.2, -0.15) is 0 Å². The number of rotatable bonds is 3. The molecular formula is C21H21F2N5O2. The number of halogens is 2. The number of nitrogens with one attached hydrogen (secondary N) is 1. The average molecular weight is 413 g/mol. The minimum atomic E-state index is -0.631.